The zero-order chi connectivity index (χ0) is 22.5. The second-order valence-corrected chi connectivity index (χ2v) is 9.73. The molecule has 162 valence electrons. The number of rotatable bonds is 4. The highest BCUT2D eigenvalue weighted by molar-refractivity contribution is 7.13. The summed E-state index contributed by atoms with van der Waals surface area (Å²) in [4.78, 5) is 28.1. The van der Waals surface area contributed by atoms with Crippen LogP contribution in [0.15, 0.2) is 52.6 Å². The predicted molar refractivity (Wildman–Crippen MR) is 122 cm³/mol. The Kier molecular flexibility index (Phi) is 5.17. The van der Waals surface area contributed by atoms with E-state index in [-0.39, 0.29) is 22.9 Å². The molecule has 1 atom stereocenters. The van der Waals surface area contributed by atoms with Crippen molar-refractivity contribution < 1.29 is 19.4 Å². The van der Waals surface area contributed by atoms with Crippen molar-refractivity contribution in [2.45, 2.75) is 38.6 Å². The van der Waals surface area contributed by atoms with Crippen molar-refractivity contribution in [2.75, 3.05) is 14.2 Å². The molecule has 6 nitrogen and oxygen atoms in total. The van der Waals surface area contributed by atoms with Gasteiger partial charge >= 0.3 is 5.97 Å². The highest BCUT2D eigenvalue weighted by Gasteiger charge is 2.36. The maximum atomic E-state index is 13.4. The monoisotopic (exact) mass is 438 g/mol. The summed E-state index contributed by atoms with van der Waals surface area (Å²) >= 11 is 1.60. The van der Waals surface area contributed by atoms with E-state index in [2.05, 4.69) is 0 Å². The van der Waals surface area contributed by atoms with Gasteiger partial charge in [-0.2, -0.15) is 0 Å². The first-order chi connectivity index (χ1) is 14.6. The number of fused-ring (bicyclic) bond motifs is 3. The Labute approximate surface area is 185 Å². The molecule has 2 aromatic heterocycles. The molecule has 0 radical (unpaired) electrons. The fourth-order valence-electron chi connectivity index (χ4n) is 4.04. The van der Waals surface area contributed by atoms with E-state index in [1.54, 1.807) is 22.3 Å². The van der Waals surface area contributed by atoms with E-state index in [9.17, 15) is 14.7 Å². The Morgan fingerprint density at radius 2 is 2.06 bits per heavy atom. The number of hydrogen-bond acceptors (Lipinski definition) is 4. The first kappa shape index (κ1) is 21.2. The molecule has 2 aromatic rings. The van der Waals surface area contributed by atoms with E-state index < -0.39 is 5.97 Å². The Morgan fingerprint density at radius 1 is 1.32 bits per heavy atom. The van der Waals surface area contributed by atoms with Gasteiger partial charge < -0.3 is 19.3 Å². The highest BCUT2D eigenvalue weighted by Crippen LogP contribution is 2.46. The second-order valence-electron chi connectivity index (χ2n) is 8.78. The molecule has 0 aromatic carbocycles. The number of carbonyl (C=O) groups excluding carboxylic acids is 1. The van der Waals surface area contributed by atoms with Crippen molar-refractivity contribution in [3.05, 3.63) is 64.0 Å². The van der Waals surface area contributed by atoms with Crippen LogP contribution in [0.3, 0.4) is 0 Å². The van der Waals surface area contributed by atoms with Gasteiger partial charge in [0.25, 0.3) is 5.91 Å². The number of carbonyl (C=O) groups is 2. The summed E-state index contributed by atoms with van der Waals surface area (Å²) in [6.45, 7) is 6.00. The minimum absolute atomic E-state index is 0.0731. The van der Waals surface area contributed by atoms with Gasteiger partial charge in [-0.1, -0.05) is 6.07 Å². The van der Waals surface area contributed by atoms with E-state index >= 15 is 0 Å². The van der Waals surface area contributed by atoms with Crippen LogP contribution in [0.5, 0.6) is 0 Å². The van der Waals surface area contributed by atoms with Crippen LogP contribution in [-0.2, 0) is 9.53 Å². The van der Waals surface area contributed by atoms with E-state index in [4.69, 9.17) is 4.74 Å². The fourth-order valence-corrected chi connectivity index (χ4v) is 4.79. The van der Waals surface area contributed by atoms with Gasteiger partial charge in [-0.3, -0.25) is 4.79 Å². The number of hydrogen-bond donors (Lipinski definition) is 1. The van der Waals surface area contributed by atoms with Crippen LogP contribution >= 0.6 is 11.3 Å². The molecule has 2 aliphatic rings. The summed E-state index contributed by atoms with van der Waals surface area (Å²) in [5.41, 5.74) is 3.38. The number of aromatic nitrogens is 1. The lowest BCUT2D eigenvalue weighted by molar-refractivity contribution is -0.133. The fraction of sp³-hybridized carbons (Fsp3) is 0.333. The van der Waals surface area contributed by atoms with Gasteiger partial charge in [-0.25, -0.2) is 4.79 Å². The minimum atomic E-state index is -0.985. The first-order valence-corrected chi connectivity index (χ1v) is 11.0. The van der Waals surface area contributed by atoms with Crippen LogP contribution in [0.2, 0.25) is 0 Å². The Bertz CT molecular complexity index is 1140. The molecule has 0 spiro atoms. The third kappa shape index (κ3) is 3.53. The maximum absolute atomic E-state index is 13.4. The van der Waals surface area contributed by atoms with Crippen LogP contribution in [-0.4, -0.2) is 46.1 Å². The number of nitrogens with zero attached hydrogens (tertiary/aromatic N) is 2. The van der Waals surface area contributed by atoms with Crippen molar-refractivity contribution in [3.63, 3.8) is 0 Å². The number of methoxy groups -OCH3 is 1. The lowest BCUT2D eigenvalue weighted by Crippen LogP contribution is -2.43. The van der Waals surface area contributed by atoms with E-state index in [1.165, 1.54) is 7.11 Å². The van der Waals surface area contributed by atoms with E-state index in [1.807, 2.05) is 68.2 Å². The minimum Gasteiger partial charge on any atom is -0.496 e. The van der Waals surface area contributed by atoms with Gasteiger partial charge in [0, 0.05) is 40.8 Å². The number of aliphatic carboxylic acids is 1. The average Bonchev–Trinajstić information content (AvgIpc) is 3.38. The van der Waals surface area contributed by atoms with Gasteiger partial charge in [0.05, 0.1) is 12.7 Å². The summed E-state index contributed by atoms with van der Waals surface area (Å²) in [6, 6.07) is 5.95. The molecule has 7 heteroatoms. The van der Waals surface area contributed by atoms with E-state index in [0.29, 0.717) is 17.9 Å². The van der Waals surface area contributed by atoms with Crippen molar-refractivity contribution in [3.8, 4) is 10.4 Å². The molecule has 1 N–H and O–H groups in total. The number of carboxylic acid groups (broad SMARTS) is 1. The molecule has 31 heavy (non-hydrogen) atoms. The van der Waals surface area contributed by atoms with Crippen molar-refractivity contribution in [1.82, 2.24) is 9.47 Å². The summed E-state index contributed by atoms with van der Waals surface area (Å²) in [5, 5.41) is 11.7. The molecular weight excluding hydrogens is 412 g/mol. The number of ether oxygens (including phenoxy) is 1. The standard InChI is InChI=1S/C24H26N2O4S/c1-24(2,3)25(4)22(27)18-13-17(20-7-6-10-31-20)21-15-12-16(23(28)29)19(30-5)11-14(15)8-9-26(18)21/h6-11,13,15H,12H2,1-5H3,(H,28,29). The summed E-state index contributed by atoms with van der Waals surface area (Å²) in [5.74, 6) is -0.851. The molecule has 4 rings (SSSR count). The quantitative estimate of drug-likeness (QED) is 0.732. The molecule has 0 saturated heterocycles. The van der Waals surface area contributed by atoms with Crippen LogP contribution in [0.1, 0.15) is 49.3 Å². The Morgan fingerprint density at radius 3 is 2.65 bits per heavy atom. The van der Waals surface area contributed by atoms with Crippen LogP contribution < -0.4 is 0 Å². The van der Waals surface area contributed by atoms with Crippen molar-refractivity contribution in [2.24, 2.45) is 0 Å². The van der Waals surface area contributed by atoms with Gasteiger partial charge in [0.1, 0.15) is 11.5 Å². The number of thiophene rings is 1. The maximum Gasteiger partial charge on any atom is 0.335 e. The summed E-state index contributed by atoms with van der Waals surface area (Å²) in [7, 11) is 3.29. The van der Waals surface area contributed by atoms with Gasteiger partial charge in [0.15, 0.2) is 0 Å². The molecular formula is C24H26N2O4S. The molecule has 1 unspecified atom stereocenters. The zero-order valence-electron chi connectivity index (χ0n) is 18.3. The topological polar surface area (TPSA) is 71.8 Å². The SMILES string of the molecule is COC1=C(C(=O)O)CC2C(=C1)C=Cn1c(C(=O)N(C)C(C)(C)C)cc(-c3cccs3)c12. The Balaban J connectivity index is 1.90. The lowest BCUT2D eigenvalue weighted by Gasteiger charge is -2.33. The predicted octanol–water partition coefficient (Wildman–Crippen LogP) is 4.97. The zero-order valence-corrected chi connectivity index (χ0v) is 19.1. The van der Waals surface area contributed by atoms with Crippen LogP contribution in [0, 0.1) is 0 Å². The van der Waals surface area contributed by atoms with Crippen molar-refractivity contribution in [1.29, 1.82) is 0 Å². The van der Waals surface area contributed by atoms with E-state index in [0.717, 1.165) is 21.7 Å². The summed E-state index contributed by atoms with van der Waals surface area (Å²) in [6.07, 6.45) is 5.95. The molecule has 0 saturated carbocycles. The first-order valence-electron chi connectivity index (χ1n) is 10.1. The van der Waals surface area contributed by atoms with Gasteiger partial charge in [-0.15, -0.1) is 11.3 Å². The van der Waals surface area contributed by atoms with Crippen molar-refractivity contribution >= 4 is 29.4 Å². The molecule has 1 amide bonds. The molecule has 0 bridgehead atoms. The van der Waals surface area contributed by atoms with Crippen LogP contribution in [0.4, 0.5) is 0 Å². The van der Waals surface area contributed by atoms with Gasteiger partial charge in [0.2, 0.25) is 0 Å². The normalized spacial score (nSPS) is 17.7. The smallest absolute Gasteiger partial charge is 0.335 e. The molecule has 1 aliphatic heterocycles. The number of amides is 1. The molecule has 3 heterocycles. The molecule has 1 aliphatic carbocycles. The third-order valence-corrected chi connectivity index (χ3v) is 6.93. The van der Waals surface area contributed by atoms with Gasteiger partial charge in [-0.05, 0) is 62.4 Å². The third-order valence-electron chi connectivity index (χ3n) is 6.02. The Hall–Kier alpha value is -3.06. The highest BCUT2D eigenvalue weighted by atomic mass is 32.1. The average molecular weight is 439 g/mol. The number of carboxylic acids is 1. The second kappa shape index (κ2) is 7.57. The largest absolute Gasteiger partial charge is 0.496 e. The molecule has 0 fully saturated rings. The lowest BCUT2D eigenvalue weighted by atomic mass is 9.81. The number of allylic oxidation sites excluding steroid dienone is 3. The summed E-state index contributed by atoms with van der Waals surface area (Å²) < 4.78 is 7.27. The van der Waals surface area contributed by atoms with Crippen LogP contribution in [0.25, 0.3) is 16.6 Å².